The lowest BCUT2D eigenvalue weighted by molar-refractivity contribution is -0.124. The Morgan fingerprint density at radius 2 is 2.04 bits per heavy atom. The number of rotatable bonds is 7. The van der Waals surface area contributed by atoms with E-state index in [1.165, 1.54) is 6.08 Å². The van der Waals surface area contributed by atoms with Gasteiger partial charge in [-0.05, 0) is 44.4 Å². The van der Waals surface area contributed by atoms with Crippen LogP contribution in [0.5, 0.6) is 0 Å². The highest BCUT2D eigenvalue weighted by molar-refractivity contribution is 6.31. The lowest BCUT2D eigenvalue weighted by Crippen LogP contribution is -2.37. The molecule has 1 aromatic carbocycles. The van der Waals surface area contributed by atoms with Crippen molar-refractivity contribution in [3.63, 3.8) is 0 Å². The van der Waals surface area contributed by atoms with Crippen LogP contribution >= 0.6 is 11.6 Å². The van der Waals surface area contributed by atoms with E-state index < -0.39 is 0 Å². The van der Waals surface area contributed by atoms with Gasteiger partial charge in [0.15, 0.2) is 0 Å². The van der Waals surface area contributed by atoms with Gasteiger partial charge in [-0.25, -0.2) is 0 Å². The maximum absolute atomic E-state index is 12.0. The highest BCUT2D eigenvalue weighted by Crippen LogP contribution is 2.20. The summed E-state index contributed by atoms with van der Waals surface area (Å²) < 4.78 is 1.87. The van der Waals surface area contributed by atoms with Crippen LogP contribution < -0.4 is 10.6 Å². The van der Waals surface area contributed by atoms with E-state index in [-0.39, 0.29) is 18.4 Å². The number of hydrogen-bond acceptors (Lipinski definition) is 3. The highest BCUT2D eigenvalue weighted by Gasteiger charge is 2.23. The summed E-state index contributed by atoms with van der Waals surface area (Å²) in [5.74, 6) is -0.460. The molecule has 1 aromatic heterocycles. The molecule has 1 saturated carbocycles. The number of nitrogens with zero attached hydrogens (tertiary/aromatic N) is 2. The first-order valence-electron chi connectivity index (χ1n) is 8.96. The molecule has 7 heteroatoms. The number of amides is 2. The first kappa shape index (κ1) is 19.2. The van der Waals surface area contributed by atoms with Crippen molar-refractivity contribution in [2.75, 3.05) is 6.54 Å². The Labute approximate surface area is 163 Å². The van der Waals surface area contributed by atoms with E-state index in [1.807, 2.05) is 42.8 Å². The smallest absolute Gasteiger partial charge is 0.244 e. The molecule has 0 aliphatic heterocycles. The van der Waals surface area contributed by atoms with Crippen LogP contribution in [-0.4, -0.2) is 34.2 Å². The first-order chi connectivity index (χ1) is 12.9. The van der Waals surface area contributed by atoms with E-state index in [9.17, 15) is 9.59 Å². The van der Waals surface area contributed by atoms with Gasteiger partial charge in [-0.15, -0.1) is 0 Å². The molecule has 2 N–H and O–H groups in total. The fourth-order valence-corrected chi connectivity index (χ4v) is 2.98. The van der Waals surface area contributed by atoms with Gasteiger partial charge in [0.1, 0.15) is 0 Å². The van der Waals surface area contributed by atoms with Gasteiger partial charge in [-0.2, -0.15) is 5.10 Å². The van der Waals surface area contributed by atoms with Crippen molar-refractivity contribution in [3.05, 3.63) is 57.9 Å². The maximum Gasteiger partial charge on any atom is 0.244 e. The van der Waals surface area contributed by atoms with Crippen LogP contribution in [-0.2, 0) is 16.1 Å². The van der Waals surface area contributed by atoms with Gasteiger partial charge in [-0.1, -0.05) is 29.8 Å². The Kier molecular flexibility index (Phi) is 5.96. The molecular weight excluding hydrogens is 364 g/mol. The second kappa shape index (κ2) is 8.39. The summed E-state index contributed by atoms with van der Waals surface area (Å²) in [5, 5.41) is 10.7. The predicted octanol–water partition coefficient (Wildman–Crippen LogP) is 2.61. The molecule has 0 bridgehead atoms. The summed E-state index contributed by atoms with van der Waals surface area (Å²) in [6, 6.07) is 7.95. The SMILES string of the molecule is Cc1nn(Cc2ccccc2Cl)c(C)c1/C=C/C(=O)NCC(=O)NC1CC1. The number of carbonyl (C=O) groups is 2. The largest absolute Gasteiger partial charge is 0.352 e. The molecule has 0 radical (unpaired) electrons. The Morgan fingerprint density at radius 3 is 2.74 bits per heavy atom. The molecule has 6 nitrogen and oxygen atoms in total. The van der Waals surface area contributed by atoms with E-state index >= 15 is 0 Å². The quantitative estimate of drug-likeness (QED) is 0.718. The lowest BCUT2D eigenvalue weighted by Gasteiger charge is -2.06. The molecule has 0 unspecified atom stereocenters. The van der Waals surface area contributed by atoms with Gasteiger partial charge in [0, 0.05) is 28.4 Å². The molecule has 142 valence electrons. The third kappa shape index (κ3) is 5.20. The zero-order chi connectivity index (χ0) is 19.4. The number of aryl methyl sites for hydroxylation is 1. The van der Waals surface area contributed by atoms with Gasteiger partial charge in [-0.3, -0.25) is 14.3 Å². The molecule has 1 fully saturated rings. The predicted molar refractivity (Wildman–Crippen MR) is 105 cm³/mol. The standard InChI is InChI=1S/C20H23ClN4O2/c1-13-17(9-10-19(26)22-11-20(27)23-16-7-8-16)14(2)25(24-13)12-15-5-3-4-6-18(15)21/h3-6,9-10,16H,7-8,11-12H2,1-2H3,(H,22,26)(H,23,27)/b10-9+. The molecule has 3 rings (SSSR count). The Bertz CT molecular complexity index is 884. The molecule has 2 aromatic rings. The van der Waals surface area contributed by atoms with E-state index in [0.29, 0.717) is 17.6 Å². The summed E-state index contributed by atoms with van der Waals surface area (Å²) in [7, 11) is 0. The minimum absolute atomic E-state index is 0.0105. The summed E-state index contributed by atoms with van der Waals surface area (Å²) in [6.45, 7) is 4.41. The van der Waals surface area contributed by atoms with Crippen LogP contribution in [0.4, 0.5) is 0 Å². The minimum Gasteiger partial charge on any atom is -0.352 e. The minimum atomic E-state index is -0.307. The van der Waals surface area contributed by atoms with Crippen LogP contribution in [0.15, 0.2) is 30.3 Å². The Hall–Kier alpha value is -2.60. The molecule has 1 aliphatic rings. The van der Waals surface area contributed by atoms with Crippen LogP contribution in [0.1, 0.15) is 35.4 Å². The van der Waals surface area contributed by atoms with Crippen LogP contribution in [0, 0.1) is 13.8 Å². The average Bonchev–Trinajstić information content (AvgIpc) is 3.40. The zero-order valence-electron chi connectivity index (χ0n) is 15.5. The molecule has 0 spiro atoms. The van der Waals surface area contributed by atoms with Crippen molar-refractivity contribution in [2.45, 2.75) is 39.3 Å². The molecule has 2 amide bonds. The van der Waals surface area contributed by atoms with E-state index in [1.54, 1.807) is 6.08 Å². The number of aromatic nitrogens is 2. The van der Waals surface area contributed by atoms with Gasteiger partial charge in [0.2, 0.25) is 11.8 Å². The second-order valence-corrected chi connectivity index (χ2v) is 7.13. The summed E-state index contributed by atoms with van der Waals surface area (Å²) in [5.41, 5.74) is 3.65. The molecule has 27 heavy (non-hydrogen) atoms. The summed E-state index contributed by atoms with van der Waals surface area (Å²) in [6.07, 6.45) is 5.21. The molecule has 0 atom stereocenters. The maximum atomic E-state index is 12.0. The van der Waals surface area contributed by atoms with Crippen molar-refractivity contribution in [2.24, 2.45) is 0 Å². The molecule has 1 heterocycles. The monoisotopic (exact) mass is 386 g/mol. The van der Waals surface area contributed by atoms with Crippen molar-refractivity contribution in [3.8, 4) is 0 Å². The van der Waals surface area contributed by atoms with Crippen molar-refractivity contribution in [1.82, 2.24) is 20.4 Å². The third-order valence-electron chi connectivity index (χ3n) is 4.48. The molecule has 0 saturated heterocycles. The summed E-state index contributed by atoms with van der Waals surface area (Å²) >= 11 is 6.23. The first-order valence-corrected chi connectivity index (χ1v) is 9.34. The van der Waals surface area contributed by atoms with Gasteiger partial charge >= 0.3 is 0 Å². The van der Waals surface area contributed by atoms with Gasteiger partial charge in [0.25, 0.3) is 0 Å². The summed E-state index contributed by atoms with van der Waals surface area (Å²) in [4.78, 5) is 23.6. The fourth-order valence-electron chi connectivity index (χ4n) is 2.79. The van der Waals surface area contributed by atoms with Crippen molar-refractivity contribution < 1.29 is 9.59 Å². The number of carbonyl (C=O) groups excluding carboxylic acids is 2. The Balaban J connectivity index is 1.61. The van der Waals surface area contributed by atoms with Crippen LogP contribution in [0.25, 0.3) is 6.08 Å². The van der Waals surface area contributed by atoms with Crippen molar-refractivity contribution in [1.29, 1.82) is 0 Å². The third-order valence-corrected chi connectivity index (χ3v) is 4.85. The van der Waals surface area contributed by atoms with E-state index in [4.69, 9.17) is 11.6 Å². The van der Waals surface area contributed by atoms with Crippen molar-refractivity contribution >= 4 is 29.5 Å². The van der Waals surface area contributed by atoms with Crippen LogP contribution in [0.3, 0.4) is 0 Å². The number of hydrogen-bond donors (Lipinski definition) is 2. The zero-order valence-corrected chi connectivity index (χ0v) is 16.2. The molecule has 1 aliphatic carbocycles. The Morgan fingerprint density at radius 1 is 1.30 bits per heavy atom. The topological polar surface area (TPSA) is 76.0 Å². The number of nitrogens with one attached hydrogen (secondary N) is 2. The number of benzene rings is 1. The van der Waals surface area contributed by atoms with E-state index in [2.05, 4.69) is 15.7 Å². The average molecular weight is 387 g/mol. The highest BCUT2D eigenvalue weighted by atomic mass is 35.5. The van der Waals surface area contributed by atoms with E-state index in [0.717, 1.165) is 35.4 Å². The van der Waals surface area contributed by atoms with Gasteiger partial charge < -0.3 is 10.6 Å². The normalized spacial score (nSPS) is 13.7. The van der Waals surface area contributed by atoms with Gasteiger partial charge in [0.05, 0.1) is 18.8 Å². The second-order valence-electron chi connectivity index (χ2n) is 6.73. The van der Waals surface area contributed by atoms with Crippen LogP contribution in [0.2, 0.25) is 5.02 Å². The molecular formula is C20H23ClN4O2. The lowest BCUT2D eigenvalue weighted by atomic mass is 10.1. The fraction of sp³-hybridized carbons (Fsp3) is 0.350. The number of halogens is 1.